The second-order valence-electron chi connectivity index (χ2n) is 5.20. The van der Waals surface area contributed by atoms with Crippen molar-refractivity contribution in [3.63, 3.8) is 0 Å². The summed E-state index contributed by atoms with van der Waals surface area (Å²) in [6, 6.07) is 7.40. The third kappa shape index (κ3) is 3.57. The summed E-state index contributed by atoms with van der Waals surface area (Å²) in [5, 5.41) is 12.4. The molecular formula is C15H21NO2. The van der Waals surface area contributed by atoms with Crippen LogP contribution in [-0.4, -0.2) is 11.0 Å². The number of hydrogen-bond donors (Lipinski definition) is 2. The lowest BCUT2D eigenvalue weighted by Crippen LogP contribution is -2.15. The van der Waals surface area contributed by atoms with Gasteiger partial charge in [0, 0.05) is 12.1 Å². The summed E-state index contributed by atoms with van der Waals surface area (Å²) in [7, 11) is 0. The minimum absolute atomic E-state index is 0.0876. The van der Waals surface area contributed by atoms with Gasteiger partial charge < -0.3 is 10.4 Å². The summed E-state index contributed by atoms with van der Waals surface area (Å²) in [6.07, 6.45) is 5.00. The SMILES string of the molecule is C[C@H](O)c1cccc(NC(=O)CC2CCCC2)c1. The molecule has 1 aromatic carbocycles. The van der Waals surface area contributed by atoms with E-state index in [2.05, 4.69) is 5.32 Å². The van der Waals surface area contributed by atoms with Crippen molar-refractivity contribution in [3.8, 4) is 0 Å². The van der Waals surface area contributed by atoms with Crippen LogP contribution in [0.25, 0.3) is 0 Å². The van der Waals surface area contributed by atoms with Crippen LogP contribution in [0.4, 0.5) is 5.69 Å². The van der Waals surface area contributed by atoms with Gasteiger partial charge in [0.1, 0.15) is 0 Å². The smallest absolute Gasteiger partial charge is 0.224 e. The summed E-state index contributed by atoms with van der Waals surface area (Å²) < 4.78 is 0. The first-order chi connectivity index (χ1) is 8.65. The Bertz CT molecular complexity index is 409. The molecule has 0 aliphatic heterocycles. The van der Waals surface area contributed by atoms with E-state index in [9.17, 15) is 9.90 Å². The quantitative estimate of drug-likeness (QED) is 0.858. The van der Waals surface area contributed by atoms with E-state index < -0.39 is 6.10 Å². The van der Waals surface area contributed by atoms with Gasteiger partial charge in [0.15, 0.2) is 0 Å². The molecule has 0 radical (unpaired) electrons. The predicted octanol–water partition coefficient (Wildman–Crippen LogP) is 3.26. The predicted molar refractivity (Wildman–Crippen MR) is 72.3 cm³/mol. The van der Waals surface area contributed by atoms with E-state index in [1.807, 2.05) is 24.3 Å². The highest BCUT2D eigenvalue weighted by atomic mass is 16.3. The molecule has 0 aromatic heterocycles. The first-order valence-electron chi connectivity index (χ1n) is 6.73. The molecular weight excluding hydrogens is 226 g/mol. The largest absolute Gasteiger partial charge is 0.389 e. The number of benzene rings is 1. The van der Waals surface area contributed by atoms with Gasteiger partial charge >= 0.3 is 0 Å². The van der Waals surface area contributed by atoms with Crippen molar-refractivity contribution in [2.45, 2.75) is 45.1 Å². The van der Waals surface area contributed by atoms with Gasteiger partial charge in [-0.1, -0.05) is 25.0 Å². The van der Waals surface area contributed by atoms with Crippen molar-refractivity contribution < 1.29 is 9.90 Å². The number of hydrogen-bond acceptors (Lipinski definition) is 2. The zero-order chi connectivity index (χ0) is 13.0. The first-order valence-corrected chi connectivity index (χ1v) is 6.73. The van der Waals surface area contributed by atoms with Crippen molar-refractivity contribution in [1.82, 2.24) is 0 Å². The summed E-state index contributed by atoms with van der Waals surface area (Å²) in [5.41, 5.74) is 1.60. The highest BCUT2D eigenvalue weighted by molar-refractivity contribution is 5.90. The monoisotopic (exact) mass is 247 g/mol. The van der Waals surface area contributed by atoms with Gasteiger partial charge in [-0.15, -0.1) is 0 Å². The molecule has 1 fully saturated rings. The number of nitrogens with one attached hydrogen (secondary N) is 1. The van der Waals surface area contributed by atoms with Crippen LogP contribution in [0.3, 0.4) is 0 Å². The van der Waals surface area contributed by atoms with Crippen LogP contribution in [0, 0.1) is 5.92 Å². The second kappa shape index (κ2) is 6.01. The Morgan fingerprint density at radius 3 is 2.83 bits per heavy atom. The Labute approximate surface area is 108 Å². The Hall–Kier alpha value is -1.35. The lowest BCUT2D eigenvalue weighted by Gasteiger charge is -2.11. The fourth-order valence-electron chi connectivity index (χ4n) is 2.56. The van der Waals surface area contributed by atoms with Gasteiger partial charge in [0.2, 0.25) is 5.91 Å². The number of carbonyl (C=O) groups is 1. The molecule has 2 rings (SSSR count). The highest BCUT2D eigenvalue weighted by Gasteiger charge is 2.18. The molecule has 1 aromatic rings. The Morgan fingerprint density at radius 2 is 2.17 bits per heavy atom. The molecule has 0 spiro atoms. The molecule has 0 bridgehead atoms. The molecule has 1 aliphatic carbocycles. The van der Waals surface area contributed by atoms with Crippen LogP contribution >= 0.6 is 0 Å². The van der Waals surface area contributed by atoms with Crippen molar-refractivity contribution in [2.75, 3.05) is 5.32 Å². The summed E-state index contributed by atoms with van der Waals surface area (Å²) in [5.74, 6) is 0.648. The van der Waals surface area contributed by atoms with E-state index in [0.717, 1.165) is 11.3 Å². The maximum atomic E-state index is 11.9. The summed E-state index contributed by atoms with van der Waals surface area (Å²) in [6.45, 7) is 1.72. The number of aliphatic hydroxyl groups is 1. The summed E-state index contributed by atoms with van der Waals surface area (Å²) >= 11 is 0. The fourth-order valence-corrected chi connectivity index (χ4v) is 2.56. The van der Waals surface area contributed by atoms with Crippen LogP contribution in [0.5, 0.6) is 0 Å². The number of rotatable bonds is 4. The lowest BCUT2D eigenvalue weighted by atomic mass is 10.0. The molecule has 0 unspecified atom stereocenters. The third-order valence-electron chi connectivity index (χ3n) is 3.60. The highest BCUT2D eigenvalue weighted by Crippen LogP contribution is 2.28. The van der Waals surface area contributed by atoms with E-state index in [1.54, 1.807) is 6.92 Å². The molecule has 18 heavy (non-hydrogen) atoms. The Balaban J connectivity index is 1.91. The van der Waals surface area contributed by atoms with Gasteiger partial charge in [0.25, 0.3) is 0 Å². The van der Waals surface area contributed by atoms with E-state index in [-0.39, 0.29) is 5.91 Å². The average Bonchev–Trinajstić information content (AvgIpc) is 2.82. The molecule has 1 saturated carbocycles. The van der Waals surface area contributed by atoms with Gasteiger partial charge in [-0.3, -0.25) is 4.79 Å². The van der Waals surface area contributed by atoms with Crippen molar-refractivity contribution in [2.24, 2.45) is 5.92 Å². The van der Waals surface area contributed by atoms with E-state index in [1.165, 1.54) is 25.7 Å². The first kappa shape index (κ1) is 13.1. The summed E-state index contributed by atoms with van der Waals surface area (Å²) in [4.78, 5) is 11.9. The van der Waals surface area contributed by atoms with Gasteiger partial charge in [-0.2, -0.15) is 0 Å². The molecule has 3 nitrogen and oxygen atoms in total. The third-order valence-corrected chi connectivity index (χ3v) is 3.60. The van der Waals surface area contributed by atoms with E-state index in [4.69, 9.17) is 0 Å². The van der Waals surface area contributed by atoms with Crippen LogP contribution in [0.15, 0.2) is 24.3 Å². The van der Waals surface area contributed by atoms with Crippen molar-refractivity contribution in [3.05, 3.63) is 29.8 Å². The van der Waals surface area contributed by atoms with Crippen LogP contribution in [0.1, 0.15) is 50.7 Å². The van der Waals surface area contributed by atoms with Crippen LogP contribution in [0.2, 0.25) is 0 Å². The fraction of sp³-hybridized carbons (Fsp3) is 0.533. The number of amides is 1. The maximum Gasteiger partial charge on any atom is 0.224 e. The molecule has 1 amide bonds. The molecule has 0 saturated heterocycles. The van der Waals surface area contributed by atoms with Crippen LogP contribution in [-0.2, 0) is 4.79 Å². The van der Waals surface area contributed by atoms with Gasteiger partial charge in [-0.25, -0.2) is 0 Å². The number of aliphatic hydroxyl groups excluding tert-OH is 1. The molecule has 3 heteroatoms. The molecule has 0 heterocycles. The van der Waals surface area contributed by atoms with Gasteiger partial charge in [-0.05, 0) is 43.4 Å². The zero-order valence-corrected chi connectivity index (χ0v) is 10.9. The Morgan fingerprint density at radius 1 is 1.44 bits per heavy atom. The minimum atomic E-state index is -0.503. The van der Waals surface area contributed by atoms with Gasteiger partial charge in [0.05, 0.1) is 6.10 Å². The second-order valence-corrected chi connectivity index (χ2v) is 5.20. The number of carbonyl (C=O) groups excluding carboxylic acids is 1. The average molecular weight is 247 g/mol. The van der Waals surface area contributed by atoms with Crippen molar-refractivity contribution in [1.29, 1.82) is 0 Å². The Kier molecular flexibility index (Phi) is 4.37. The molecule has 2 N–H and O–H groups in total. The minimum Gasteiger partial charge on any atom is -0.389 e. The standard InChI is InChI=1S/C15H21NO2/c1-11(17)13-7-4-8-14(10-13)16-15(18)9-12-5-2-3-6-12/h4,7-8,10-12,17H,2-3,5-6,9H2,1H3,(H,16,18)/t11-/m0/s1. The molecule has 98 valence electrons. The van der Waals surface area contributed by atoms with E-state index in [0.29, 0.717) is 12.3 Å². The zero-order valence-electron chi connectivity index (χ0n) is 10.9. The van der Waals surface area contributed by atoms with Crippen molar-refractivity contribution >= 4 is 11.6 Å². The molecule has 1 atom stereocenters. The normalized spacial score (nSPS) is 17.7. The van der Waals surface area contributed by atoms with Crippen LogP contribution < -0.4 is 5.32 Å². The number of anilines is 1. The maximum absolute atomic E-state index is 11.9. The molecule has 1 aliphatic rings. The topological polar surface area (TPSA) is 49.3 Å². The lowest BCUT2D eigenvalue weighted by molar-refractivity contribution is -0.117. The van der Waals surface area contributed by atoms with E-state index >= 15 is 0 Å².